The van der Waals surface area contributed by atoms with Gasteiger partial charge >= 0.3 is 0 Å². The topological polar surface area (TPSA) is 43.8 Å². The molecule has 0 bridgehead atoms. The summed E-state index contributed by atoms with van der Waals surface area (Å²) in [4.78, 5) is 0. The van der Waals surface area contributed by atoms with Gasteiger partial charge in [-0.25, -0.2) is 0 Å². The van der Waals surface area contributed by atoms with Gasteiger partial charge in [-0.1, -0.05) is 13.8 Å². The standard InChI is InChI=1S/C8H14BrN3/c1-5(2)4-6-7(9)8(10)12(3)11-6/h5H,4,10H2,1-3H3. The molecule has 0 spiro atoms. The maximum atomic E-state index is 5.73. The van der Waals surface area contributed by atoms with Crippen LogP contribution in [0.3, 0.4) is 0 Å². The van der Waals surface area contributed by atoms with E-state index in [1.807, 2.05) is 7.05 Å². The summed E-state index contributed by atoms with van der Waals surface area (Å²) >= 11 is 3.42. The Kier molecular flexibility index (Phi) is 2.77. The van der Waals surface area contributed by atoms with E-state index in [0.717, 1.165) is 16.6 Å². The van der Waals surface area contributed by atoms with Gasteiger partial charge in [0.15, 0.2) is 0 Å². The Balaban J connectivity index is 2.93. The molecule has 0 aliphatic heterocycles. The first-order valence-corrected chi connectivity index (χ1v) is 4.78. The molecule has 2 N–H and O–H groups in total. The summed E-state index contributed by atoms with van der Waals surface area (Å²) < 4.78 is 2.64. The van der Waals surface area contributed by atoms with Gasteiger partial charge in [0.1, 0.15) is 5.82 Å². The minimum atomic E-state index is 0.607. The Morgan fingerprint density at radius 2 is 2.17 bits per heavy atom. The minimum Gasteiger partial charge on any atom is -0.383 e. The molecular weight excluding hydrogens is 218 g/mol. The average Bonchev–Trinajstić information content (AvgIpc) is 2.17. The van der Waals surface area contributed by atoms with Gasteiger partial charge in [-0.3, -0.25) is 4.68 Å². The van der Waals surface area contributed by atoms with Crippen molar-refractivity contribution in [2.24, 2.45) is 13.0 Å². The fourth-order valence-electron chi connectivity index (χ4n) is 1.09. The zero-order chi connectivity index (χ0) is 9.30. The number of nitrogens with zero attached hydrogens (tertiary/aromatic N) is 2. The second kappa shape index (κ2) is 3.47. The largest absolute Gasteiger partial charge is 0.383 e. The molecule has 1 aromatic heterocycles. The summed E-state index contributed by atoms with van der Waals surface area (Å²) in [6.07, 6.45) is 0.964. The Morgan fingerprint density at radius 1 is 1.58 bits per heavy atom. The number of aromatic nitrogens is 2. The van der Waals surface area contributed by atoms with Gasteiger partial charge in [-0.05, 0) is 28.3 Å². The van der Waals surface area contributed by atoms with E-state index >= 15 is 0 Å². The SMILES string of the molecule is CC(C)Cc1nn(C)c(N)c1Br. The number of rotatable bonds is 2. The van der Waals surface area contributed by atoms with Crippen LogP contribution in [0, 0.1) is 5.92 Å². The van der Waals surface area contributed by atoms with Crippen LogP contribution in [0.15, 0.2) is 4.47 Å². The van der Waals surface area contributed by atoms with E-state index in [0.29, 0.717) is 11.7 Å². The monoisotopic (exact) mass is 231 g/mol. The van der Waals surface area contributed by atoms with Crippen LogP contribution < -0.4 is 5.73 Å². The molecule has 0 amide bonds. The van der Waals surface area contributed by atoms with E-state index in [9.17, 15) is 0 Å². The molecule has 0 aliphatic carbocycles. The van der Waals surface area contributed by atoms with E-state index in [1.54, 1.807) is 4.68 Å². The lowest BCUT2D eigenvalue weighted by Crippen LogP contribution is -1.98. The molecule has 0 fully saturated rings. The van der Waals surface area contributed by atoms with Crippen molar-refractivity contribution in [3.8, 4) is 0 Å². The molecule has 0 aromatic carbocycles. The molecule has 1 heterocycles. The van der Waals surface area contributed by atoms with Crippen LogP contribution in [0.4, 0.5) is 5.82 Å². The molecule has 0 saturated carbocycles. The Hall–Kier alpha value is -0.510. The number of halogens is 1. The lowest BCUT2D eigenvalue weighted by atomic mass is 10.1. The highest BCUT2D eigenvalue weighted by Crippen LogP contribution is 2.24. The van der Waals surface area contributed by atoms with E-state index in [2.05, 4.69) is 34.9 Å². The summed E-state index contributed by atoms with van der Waals surface area (Å²) in [6.45, 7) is 4.33. The summed E-state index contributed by atoms with van der Waals surface area (Å²) in [7, 11) is 1.85. The number of hydrogen-bond donors (Lipinski definition) is 1. The van der Waals surface area contributed by atoms with Crippen molar-refractivity contribution in [3.63, 3.8) is 0 Å². The van der Waals surface area contributed by atoms with E-state index in [1.165, 1.54) is 0 Å². The van der Waals surface area contributed by atoms with Crippen LogP contribution >= 0.6 is 15.9 Å². The molecule has 68 valence electrons. The lowest BCUT2D eigenvalue weighted by Gasteiger charge is -1.99. The number of anilines is 1. The zero-order valence-corrected chi connectivity index (χ0v) is 9.22. The van der Waals surface area contributed by atoms with Crippen LogP contribution in [-0.2, 0) is 13.5 Å². The van der Waals surface area contributed by atoms with Crippen molar-refractivity contribution in [2.75, 3.05) is 5.73 Å². The van der Waals surface area contributed by atoms with Gasteiger partial charge in [0.05, 0.1) is 10.2 Å². The maximum Gasteiger partial charge on any atom is 0.136 e. The average molecular weight is 232 g/mol. The predicted molar refractivity (Wildman–Crippen MR) is 53.9 cm³/mol. The van der Waals surface area contributed by atoms with Gasteiger partial charge in [0.2, 0.25) is 0 Å². The third kappa shape index (κ3) is 1.80. The van der Waals surface area contributed by atoms with Crippen molar-refractivity contribution in [1.82, 2.24) is 9.78 Å². The third-order valence-electron chi connectivity index (χ3n) is 1.70. The second-order valence-corrected chi connectivity index (χ2v) is 4.16. The molecule has 0 saturated heterocycles. The Bertz CT molecular complexity index is 278. The number of aryl methyl sites for hydroxylation is 1. The third-order valence-corrected chi connectivity index (χ3v) is 2.56. The van der Waals surface area contributed by atoms with Crippen molar-refractivity contribution in [3.05, 3.63) is 10.2 Å². The summed E-state index contributed by atoms with van der Waals surface area (Å²) in [6, 6.07) is 0. The summed E-state index contributed by atoms with van der Waals surface area (Å²) in [5.41, 5.74) is 6.78. The molecule has 4 heteroatoms. The van der Waals surface area contributed by atoms with Crippen LogP contribution in [-0.4, -0.2) is 9.78 Å². The first-order valence-electron chi connectivity index (χ1n) is 3.99. The van der Waals surface area contributed by atoms with Crippen molar-refractivity contribution in [1.29, 1.82) is 0 Å². The normalized spacial score (nSPS) is 11.1. The number of nitrogen functional groups attached to an aromatic ring is 1. The molecule has 0 atom stereocenters. The van der Waals surface area contributed by atoms with Gasteiger partial charge in [-0.15, -0.1) is 0 Å². The van der Waals surface area contributed by atoms with Gasteiger partial charge in [-0.2, -0.15) is 5.10 Å². The van der Waals surface area contributed by atoms with E-state index in [-0.39, 0.29) is 0 Å². The maximum absolute atomic E-state index is 5.73. The Labute approximate surface area is 81.1 Å². The number of nitrogens with two attached hydrogens (primary N) is 1. The summed E-state index contributed by atoms with van der Waals surface area (Å²) in [5.74, 6) is 1.31. The van der Waals surface area contributed by atoms with Gasteiger partial charge in [0.25, 0.3) is 0 Å². The van der Waals surface area contributed by atoms with Crippen molar-refractivity contribution in [2.45, 2.75) is 20.3 Å². The predicted octanol–water partition coefficient (Wildman–Crippen LogP) is 1.96. The molecule has 3 nitrogen and oxygen atoms in total. The highest BCUT2D eigenvalue weighted by atomic mass is 79.9. The fraction of sp³-hybridized carbons (Fsp3) is 0.625. The van der Waals surface area contributed by atoms with Gasteiger partial charge < -0.3 is 5.73 Å². The fourth-order valence-corrected chi connectivity index (χ4v) is 1.58. The van der Waals surface area contributed by atoms with Crippen molar-refractivity contribution >= 4 is 21.7 Å². The quantitative estimate of drug-likeness (QED) is 0.847. The molecule has 12 heavy (non-hydrogen) atoms. The highest BCUT2D eigenvalue weighted by molar-refractivity contribution is 9.10. The molecular formula is C8H14BrN3. The van der Waals surface area contributed by atoms with Crippen LogP contribution in [0.25, 0.3) is 0 Å². The van der Waals surface area contributed by atoms with Crippen molar-refractivity contribution < 1.29 is 0 Å². The van der Waals surface area contributed by atoms with Crippen LogP contribution in [0.5, 0.6) is 0 Å². The molecule has 0 aliphatic rings. The molecule has 0 unspecified atom stereocenters. The summed E-state index contributed by atoms with van der Waals surface area (Å²) in [5, 5.41) is 4.29. The van der Waals surface area contributed by atoms with Crippen LogP contribution in [0.2, 0.25) is 0 Å². The minimum absolute atomic E-state index is 0.607. The van der Waals surface area contributed by atoms with E-state index < -0.39 is 0 Å². The van der Waals surface area contributed by atoms with Crippen LogP contribution in [0.1, 0.15) is 19.5 Å². The molecule has 0 radical (unpaired) electrons. The van der Waals surface area contributed by atoms with Gasteiger partial charge in [0, 0.05) is 7.05 Å². The molecule has 1 rings (SSSR count). The zero-order valence-electron chi connectivity index (χ0n) is 7.63. The smallest absolute Gasteiger partial charge is 0.136 e. The Morgan fingerprint density at radius 3 is 2.50 bits per heavy atom. The lowest BCUT2D eigenvalue weighted by molar-refractivity contribution is 0.620. The first kappa shape index (κ1) is 9.58. The second-order valence-electron chi connectivity index (χ2n) is 3.37. The highest BCUT2D eigenvalue weighted by Gasteiger charge is 2.11. The first-order chi connectivity index (χ1) is 5.52. The molecule has 1 aromatic rings. The number of hydrogen-bond acceptors (Lipinski definition) is 2. The van der Waals surface area contributed by atoms with E-state index in [4.69, 9.17) is 5.73 Å².